The van der Waals surface area contributed by atoms with Crippen LogP contribution < -0.4 is 10.1 Å². The van der Waals surface area contributed by atoms with Crippen LogP contribution in [0.4, 0.5) is 0 Å². The van der Waals surface area contributed by atoms with Gasteiger partial charge in [0.05, 0.1) is 6.10 Å². The molecule has 1 aliphatic heterocycles. The quantitative estimate of drug-likeness (QED) is 0.438. The minimum Gasteiger partial charge on any atom is -0.479 e. The van der Waals surface area contributed by atoms with Gasteiger partial charge in [-0.1, -0.05) is 26.8 Å². The van der Waals surface area contributed by atoms with Gasteiger partial charge in [-0.05, 0) is 17.7 Å². The molecule has 0 bridgehead atoms. The fraction of sp³-hybridized carbons (Fsp3) is 0.600. The van der Waals surface area contributed by atoms with Crippen LogP contribution in [-0.2, 0) is 32.2 Å². The molecule has 9 nitrogen and oxygen atoms in total. The maximum atomic E-state index is 11.4. The summed E-state index contributed by atoms with van der Waals surface area (Å²) in [5, 5.41) is 32.5. The first kappa shape index (κ1) is 23.1. The topological polar surface area (TPSA) is 135 Å². The Labute approximate surface area is 169 Å². The first-order chi connectivity index (χ1) is 13.7. The Morgan fingerprint density at radius 2 is 2.03 bits per heavy atom. The van der Waals surface area contributed by atoms with Gasteiger partial charge in [-0.25, -0.2) is 4.79 Å². The van der Waals surface area contributed by atoms with E-state index in [4.69, 9.17) is 19.3 Å². The summed E-state index contributed by atoms with van der Waals surface area (Å²) in [4.78, 5) is 22.6. The number of esters is 1. The highest BCUT2D eigenvalue weighted by Crippen LogP contribution is 2.27. The van der Waals surface area contributed by atoms with E-state index in [9.17, 15) is 19.8 Å². The molecule has 4 atom stereocenters. The number of rotatable bonds is 9. The van der Waals surface area contributed by atoms with Crippen LogP contribution in [-0.4, -0.2) is 57.9 Å². The summed E-state index contributed by atoms with van der Waals surface area (Å²) in [6.45, 7) is 6.22. The van der Waals surface area contributed by atoms with Gasteiger partial charge in [-0.3, -0.25) is 4.79 Å². The first-order valence-corrected chi connectivity index (χ1v) is 9.63. The van der Waals surface area contributed by atoms with Crippen LogP contribution in [0.2, 0.25) is 0 Å². The zero-order valence-electron chi connectivity index (χ0n) is 16.8. The van der Waals surface area contributed by atoms with E-state index in [2.05, 4.69) is 5.32 Å². The third-order valence-corrected chi connectivity index (χ3v) is 4.46. The second-order valence-electron chi connectivity index (χ2n) is 7.23. The van der Waals surface area contributed by atoms with Gasteiger partial charge in [0.1, 0.15) is 18.5 Å². The molecule has 2 rings (SSSR count). The summed E-state index contributed by atoms with van der Waals surface area (Å²) < 4.78 is 16.2. The molecular weight excluding hydrogens is 382 g/mol. The third kappa shape index (κ3) is 6.67. The normalized spacial score (nSPS) is 24.3. The number of aliphatic hydroxyl groups excluding tert-OH is 2. The van der Waals surface area contributed by atoms with E-state index in [1.54, 1.807) is 25.1 Å². The summed E-state index contributed by atoms with van der Waals surface area (Å²) >= 11 is 0. The summed E-state index contributed by atoms with van der Waals surface area (Å²) in [7, 11) is 0. The fourth-order valence-electron chi connectivity index (χ4n) is 2.78. The standard InChI is InChI=1S/C20H29NO8/c1-4-17(23)27-10-12-5-6-15(13(7-12)9-21-11(2)3)28-20-18(24)14(22)8-16(29-20)19(25)26/h5-7,11,14,16,18,20-22,24H,4,8-10H2,1-3H3,(H,25,26). The second kappa shape index (κ2) is 10.5. The van der Waals surface area contributed by atoms with Crippen molar-refractivity contribution in [2.75, 3.05) is 0 Å². The van der Waals surface area contributed by atoms with Crippen LogP contribution in [0.3, 0.4) is 0 Å². The molecule has 0 radical (unpaired) electrons. The van der Waals surface area contributed by atoms with Crippen molar-refractivity contribution in [3.05, 3.63) is 29.3 Å². The van der Waals surface area contributed by atoms with Crippen molar-refractivity contribution >= 4 is 11.9 Å². The van der Waals surface area contributed by atoms with Crippen LogP contribution in [0.1, 0.15) is 44.7 Å². The van der Waals surface area contributed by atoms with Crippen LogP contribution in [0.5, 0.6) is 5.75 Å². The van der Waals surface area contributed by atoms with Gasteiger partial charge in [0.15, 0.2) is 6.10 Å². The molecule has 0 aliphatic carbocycles. The zero-order chi connectivity index (χ0) is 21.6. The van der Waals surface area contributed by atoms with Crippen LogP contribution >= 0.6 is 0 Å². The van der Waals surface area contributed by atoms with Gasteiger partial charge < -0.3 is 34.8 Å². The van der Waals surface area contributed by atoms with Crippen molar-refractivity contribution in [1.29, 1.82) is 0 Å². The van der Waals surface area contributed by atoms with Crippen LogP contribution in [0.15, 0.2) is 18.2 Å². The number of aliphatic hydroxyl groups is 2. The minimum absolute atomic E-state index is 0.115. The SMILES string of the molecule is CCC(=O)OCc1ccc(OC2OC(C(=O)O)CC(O)C2O)c(CNC(C)C)c1. The van der Waals surface area contributed by atoms with Crippen molar-refractivity contribution in [3.63, 3.8) is 0 Å². The lowest BCUT2D eigenvalue weighted by Gasteiger charge is -2.35. The molecule has 1 aliphatic rings. The van der Waals surface area contributed by atoms with Crippen molar-refractivity contribution in [1.82, 2.24) is 5.32 Å². The Kier molecular flexibility index (Phi) is 8.39. The minimum atomic E-state index is -1.39. The molecule has 0 spiro atoms. The number of aliphatic carboxylic acids is 1. The van der Waals surface area contributed by atoms with Crippen molar-refractivity contribution < 1.29 is 39.1 Å². The molecule has 0 aromatic heterocycles. The Morgan fingerprint density at radius 1 is 1.31 bits per heavy atom. The van der Waals surface area contributed by atoms with Crippen molar-refractivity contribution in [2.24, 2.45) is 0 Å². The van der Waals surface area contributed by atoms with Gasteiger partial charge >= 0.3 is 11.9 Å². The van der Waals surface area contributed by atoms with Gasteiger partial charge in [0, 0.05) is 31.0 Å². The lowest BCUT2D eigenvalue weighted by atomic mass is 10.0. The largest absolute Gasteiger partial charge is 0.479 e. The van der Waals surface area contributed by atoms with E-state index in [1.807, 2.05) is 13.8 Å². The van der Waals surface area contributed by atoms with Gasteiger partial charge in [0.2, 0.25) is 6.29 Å². The maximum absolute atomic E-state index is 11.4. The second-order valence-corrected chi connectivity index (χ2v) is 7.23. The van der Waals surface area contributed by atoms with Crippen LogP contribution in [0, 0.1) is 0 Å². The summed E-state index contributed by atoms with van der Waals surface area (Å²) in [6, 6.07) is 5.34. The van der Waals surface area contributed by atoms with Gasteiger partial charge in [-0.2, -0.15) is 0 Å². The van der Waals surface area contributed by atoms with E-state index < -0.39 is 30.6 Å². The lowest BCUT2D eigenvalue weighted by Crippen LogP contribution is -2.52. The van der Waals surface area contributed by atoms with E-state index in [1.165, 1.54) is 0 Å². The number of ether oxygens (including phenoxy) is 3. The summed E-state index contributed by atoms with van der Waals surface area (Å²) in [6.07, 6.45) is -5.21. The Bertz CT molecular complexity index is 708. The predicted octanol–water partition coefficient (Wildman–Crippen LogP) is 0.938. The summed E-state index contributed by atoms with van der Waals surface area (Å²) in [5.41, 5.74) is 1.47. The molecule has 0 amide bonds. The first-order valence-electron chi connectivity index (χ1n) is 9.63. The highest BCUT2D eigenvalue weighted by Gasteiger charge is 2.41. The monoisotopic (exact) mass is 411 g/mol. The van der Waals surface area contributed by atoms with Gasteiger partial charge in [-0.15, -0.1) is 0 Å². The number of hydrogen-bond donors (Lipinski definition) is 4. The molecule has 4 N–H and O–H groups in total. The van der Waals surface area contributed by atoms with Gasteiger partial charge in [0.25, 0.3) is 0 Å². The number of nitrogens with one attached hydrogen (secondary N) is 1. The zero-order valence-corrected chi connectivity index (χ0v) is 16.8. The number of carbonyl (C=O) groups excluding carboxylic acids is 1. The van der Waals surface area contributed by atoms with E-state index in [-0.39, 0.29) is 31.5 Å². The molecule has 1 aromatic carbocycles. The number of carboxylic acid groups (broad SMARTS) is 1. The number of hydrogen-bond acceptors (Lipinski definition) is 8. The predicted molar refractivity (Wildman–Crippen MR) is 102 cm³/mol. The smallest absolute Gasteiger partial charge is 0.333 e. The Morgan fingerprint density at radius 3 is 2.66 bits per heavy atom. The molecule has 0 saturated carbocycles. The molecule has 162 valence electrons. The summed E-state index contributed by atoms with van der Waals surface area (Å²) in [5.74, 6) is -1.18. The molecule has 9 heteroatoms. The maximum Gasteiger partial charge on any atom is 0.333 e. The highest BCUT2D eigenvalue weighted by atomic mass is 16.7. The highest BCUT2D eigenvalue weighted by molar-refractivity contribution is 5.72. The number of benzene rings is 1. The van der Waals surface area contributed by atoms with Crippen molar-refractivity contribution in [2.45, 2.75) is 77.4 Å². The molecular formula is C20H29NO8. The van der Waals surface area contributed by atoms with E-state index in [0.29, 0.717) is 17.9 Å². The van der Waals surface area contributed by atoms with E-state index in [0.717, 1.165) is 5.56 Å². The number of carboxylic acids is 1. The molecule has 4 unspecified atom stereocenters. The third-order valence-electron chi connectivity index (χ3n) is 4.46. The van der Waals surface area contributed by atoms with Crippen LogP contribution in [0.25, 0.3) is 0 Å². The molecule has 1 aromatic rings. The molecule has 1 heterocycles. The average molecular weight is 411 g/mol. The Hall–Kier alpha value is -2.20. The van der Waals surface area contributed by atoms with E-state index >= 15 is 0 Å². The molecule has 1 saturated heterocycles. The molecule has 1 fully saturated rings. The average Bonchev–Trinajstić information content (AvgIpc) is 2.68. The molecule has 29 heavy (non-hydrogen) atoms. The lowest BCUT2D eigenvalue weighted by molar-refractivity contribution is -0.238. The van der Waals surface area contributed by atoms with Crippen molar-refractivity contribution in [3.8, 4) is 5.75 Å². The number of carbonyl (C=O) groups is 2. The Balaban J connectivity index is 2.20. The fourth-order valence-corrected chi connectivity index (χ4v) is 2.78.